The Bertz CT molecular complexity index is 2170. The minimum absolute atomic E-state index is 1.10. The van der Waals surface area contributed by atoms with Crippen LogP contribution in [0, 0.1) is 0 Å². The molecule has 0 aliphatic carbocycles. The zero-order valence-electron chi connectivity index (χ0n) is 25.4. The van der Waals surface area contributed by atoms with Crippen LogP contribution in [-0.4, -0.2) is 11.6 Å². The molecule has 7 aromatic rings. The zero-order valence-corrected chi connectivity index (χ0v) is 25.4. The van der Waals surface area contributed by atoms with Crippen LogP contribution < -0.4 is 9.80 Å². The first-order chi connectivity index (χ1) is 21.6. The second-order valence-electron chi connectivity index (χ2n) is 11.2. The van der Waals surface area contributed by atoms with Crippen molar-refractivity contribution < 1.29 is 0 Å². The molecule has 0 unspecified atom stereocenters. The molecule has 0 aliphatic heterocycles. The van der Waals surface area contributed by atoms with E-state index < -0.39 is 0 Å². The van der Waals surface area contributed by atoms with Gasteiger partial charge in [-0.2, -0.15) is 0 Å². The molecule has 6 aromatic carbocycles. The minimum Gasteiger partial charge on any atom is -0.344 e. The maximum Gasteiger partial charge on any atom is 0.0540 e. The summed E-state index contributed by atoms with van der Waals surface area (Å²) in [7, 11) is 4.25. The van der Waals surface area contributed by atoms with Gasteiger partial charge in [-0.05, 0) is 78.4 Å². The van der Waals surface area contributed by atoms with Crippen molar-refractivity contribution >= 4 is 73.0 Å². The Morgan fingerprint density at radius 3 is 1.84 bits per heavy atom. The van der Waals surface area contributed by atoms with Crippen molar-refractivity contribution in [3.05, 3.63) is 151 Å². The van der Waals surface area contributed by atoms with E-state index in [1.807, 2.05) is 6.08 Å². The highest BCUT2D eigenvalue weighted by Gasteiger charge is 2.19. The van der Waals surface area contributed by atoms with Gasteiger partial charge in [0.15, 0.2) is 0 Å². The fourth-order valence-electron chi connectivity index (χ4n) is 6.50. The van der Waals surface area contributed by atoms with Crippen LogP contribution in [0.1, 0.15) is 18.2 Å². The van der Waals surface area contributed by atoms with Crippen LogP contribution in [0.3, 0.4) is 0 Å². The van der Waals surface area contributed by atoms with Gasteiger partial charge in [0.2, 0.25) is 0 Å². The van der Waals surface area contributed by atoms with Crippen molar-refractivity contribution in [1.82, 2.24) is 4.57 Å². The molecule has 1 aromatic heterocycles. The number of aryl methyl sites for hydroxylation is 1. The minimum atomic E-state index is 1.10. The topological polar surface area (TPSA) is 11.4 Å². The maximum atomic E-state index is 4.11. The van der Waals surface area contributed by atoms with Crippen LogP contribution in [0.2, 0.25) is 0 Å². The van der Waals surface area contributed by atoms with Crippen LogP contribution in [0.5, 0.6) is 0 Å². The van der Waals surface area contributed by atoms with Gasteiger partial charge in [0.1, 0.15) is 0 Å². The molecule has 3 heteroatoms. The van der Waals surface area contributed by atoms with Crippen molar-refractivity contribution in [3.63, 3.8) is 0 Å². The van der Waals surface area contributed by atoms with E-state index in [0.29, 0.717) is 0 Å². The summed E-state index contributed by atoms with van der Waals surface area (Å²) in [6.45, 7) is 6.17. The van der Waals surface area contributed by atoms with E-state index in [0.717, 1.165) is 28.4 Å². The van der Waals surface area contributed by atoms with Crippen LogP contribution in [0.4, 0.5) is 28.4 Å². The average Bonchev–Trinajstić information content (AvgIpc) is 3.34. The third-order valence-electron chi connectivity index (χ3n) is 8.68. The highest BCUT2D eigenvalue weighted by Crippen LogP contribution is 2.42. The molecule has 214 valence electrons. The van der Waals surface area contributed by atoms with Gasteiger partial charge in [0, 0.05) is 69.8 Å². The van der Waals surface area contributed by atoms with E-state index >= 15 is 0 Å². The fourth-order valence-corrected chi connectivity index (χ4v) is 6.50. The number of rotatable bonds is 7. The number of nitrogens with zero attached hydrogens (tertiary/aromatic N) is 3. The lowest BCUT2D eigenvalue weighted by Gasteiger charge is -2.28. The molecule has 0 N–H and O–H groups in total. The van der Waals surface area contributed by atoms with E-state index in [-0.39, 0.29) is 0 Å². The lowest BCUT2D eigenvalue weighted by atomic mass is 10.0. The smallest absolute Gasteiger partial charge is 0.0540 e. The molecule has 0 saturated carbocycles. The van der Waals surface area contributed by atoms with E-state index in [4.69, 9.17) is 0 Å². The summed E-state index contributed by atoms with van der Waals surface area (Å²) in [5.74, 6) is 0. The number of fused-ring (bicyclic) bond motifs is 3. The Kier molecular flexibility index (Phi) is 7.00. The van der Waals surface area contributed by atoms with Gasteiger partial charge >= 0.3 is 0 Å². The van der Waals surface area contributed by atoms with Gasteiger partial charge in [0.25, 0.3) is 0 Å². The second-order valence-corrected chi connectivity index (χ2v) is 11.2. The molecule has 0 fully saturated rings. The number of allylic oxidation sites excluding steroid dienone is 1. The third-order valence-corrected chi connectivity index (χ3v) is 8.68. The summed E-state index contributed by atoms with van der Waals surface area (Å²) in [5, 5.41) is 6.11. The Hall–Kier alpha value is -5.54. The molecule has 0 radical (unpaired) electrons. The fraction of sp³-hybridized carbons (Fsp3) is 0.0732. The highest BCUT2D eigenvalue weighted by molar-refractivity contribution is 6.02. The van der Waals surface area contributed by atoms with Crippen molar-refractivity contribution in [2.75, 3.05) is 16.8 Å². The van der Waals surface area contributed by atoms with E-state index in [2.05, 4.69) is 182 Å². The number of aromatic nitrogens is 1. The van der Waals surface area contributed by atoms with Gasteiger partial charge < -0.3 is 14.4 Å². The standard InChI is InChI=1S/C41H35N3/c1-5-13-36-37-28-33(26-27-40(37)43(4)38(36)6-2)44(41-21-12-17-30-15-8-10-19-35(30)41)32-24-22-31(23-25-32)42(3)39-20-11-16-29-14-7-9-18-34(29)39/h5-28H,2H2,1,3-4H3/b13-5-. The predicted molar refractivity (Wildman–Crippen MR) is 192 cm³/mol. The third kappa shape index (κ3) is 4.54. The van der Waals surface area contributed by atoms with Gasteiger partial charge in [-0.3, -0.25) is 0 Å². The second kappa shape index (κ2) is 11.3. The summed E-state index contributed by atoms with van der Waals surface area (Å²) in [4.78, 5) is 4.65. The van der Waals surface area contributed by atoms with Crippen LogP contribution in [-0.2, 0) is 7.05 Å². The zero-order chi connectivity index (χ0) is 30.2. The molecular formula is C41H35N3. The highest BCUT2D eigenvalue weighted by atomic mass is 15.1. The molecule has 0 spiro atoms. The quantitative estimate of drug-likeness (QED) is 0.189. The average molecular weight is 570 g/mol. The molecule has 0 bridgehead atoms. The first kappa shape index (κ1) is 27.3. The van der Waals surface area contributed by atoms with E-state index in [1.54, 1.807) is 0 Å². The van der Waals surface area contributed by atoms with Crippen LogP contribution >= 0.6 is 0 Å². The van der Waals surface area contributed by atoms with Gasteiger partial charge in [-0.1, -0.05) is 91.5 Å². The maximum absolute atomic E-state index is 4.11. The largest absolute Gasteiger partial charge is 0.344 e. The molecule has 0 amide bonds. The molecule has 0 saturated heterocycles. The first-order valence-electron chi connectivity index (χ1n) is 15.1. The van der Waals surface area contributed by atoms with Crippen molar-refractivity contribution in [1.29, 1.82) is 0 Å². The van der Waals surface area contributed by atoms with Crippen molar-refractivity contribution in [2.24, 2.45) is 7.05 Å². The predicted octanol–water partition coefficient (Wildman–Crippen LogP) is 11.4. The molecule has 3 nitrogen and oxygen atoms in total. The Morgan fingerprint density at radius 1 is 0.614 bits per heavy atom. The summed E-state index contributed by atoms with van der Waals surface area (Å²) in [6.07, 6.45) is 6.23. The molecule has 44 heavy (non-hydrogen) atoms. The number of hydrogen-bond donors (Lipinski definition) is 0. The van der Waals surface area contributed by atoms with Gasteiger partial charge in [0.05, 0.1) is 5.69 Å². The van der Waals surface area contributed by atoms with Crippen molar-refractivity contribution in [3.8, 4) is 0 Å². The molecule has 0 atom stereocenters. The van der Waals surface area contributed by atoms with E-state index in [9.17, 15) is 0 Å². The summed E-state index contributed by atoms with van der Waals surface area (Å²) in [6, 6.07) is 45.9. The lowest BCUT2D eigenvalue weighted by molar-refractivity contribution is 0.953. The summed E-state index contributed by atoms with van der Waals surface area (Å²) in [5.41, 5.74) is 9.16. The first-order valence-corrected chi connectivity index (χ1v) is 15.1. The Labute approximate surface area is 259 Å². The summed E-state index contributed by atoms with van der Waals surface area (Å²) >= 11 is 0. The molecule has 1 heterocycles. The Balaban J connectivity index is 1.39. The van der Waals surface area contributed by atoms with Crippen LogP contribution in [0.15, 0.2) is 140 Å². The normalized spacial score (nSPS) is 11.5. The summed E-state index contributed by atoms with van der Waals surface area (Å²) < 4.78 is 2.22. The number of anilines is 5. The number of hydrogen-bond acceptors (Lipinski definition) is 2. The molecular weight excluding hydrogens is 534 g/mol. The Morgan fingerprint density at radius 2 is 1.18 bits per heavy atom. The number of benzene rings is 6. The van der Waals surface area contributed by atoms with Gasteiger partial charge in [-0.15, -0.1) is 0 Å². The van der Waals surface area contributed by atoms with Gasteiger partial charge in [-0.25, -0.2) is 0 Å². The van der Waals surface area contributed by atoms with E-state index in [1.165, 1.54) is 43.7 Å². The lowest BCUT2D eigenvalue weighted by Crippen LogP contribution is -2.12. The van der Waals surface area contributed by atoms with Crippen LogP contribution in [0.25, 0.3) is 44.6 Å². The van der Waals surface area contributed by atoms with Crippen molar-refractivity contribution in [2.45, 2.75) is 6.92 Å². The molecule has 0 aliphatic rings. The SMILES string of the molecule is C=Cc1c(/C=C\C)c2cc(N(c3ccc(N(C)c4cccc5ccccc45)cc3)c3cccc4ccccc34)ccc2n1C. The monoisotopic (exact) mass is 569 g/mol. The molecule has 7 rings (SSSR count).